The van der Waals surface area contributed by atoms with Crippen LogP contribution in [0.1, 0.15) is 25.0 Å². The molecular formula is C14H23IN4O. The fraction of sp³-hybridized carbons (Fsp3) is 0.571. The summed E-state index contributed by atoms with van der Waals surface area (Å²) in [4.78, 5) is 6.36. The molecule has 0 saturated heterocycles. The normalized spacial score (nSPS) is 18.5. The Morgan fingerprint density at radius 2 is 2.40 bits per heavy atom. The summed E-state index contributed by atoms with van der Waals surface area (Å²) in [7, 11) is 3.81. The Morgan fingerprint density at radius 3 is 3.00 bits per heavy atom. The van der Waals surface area contributed by atoms with E-state index in [1.807, 2.05) is 20.2 Å². The lowest BCUT2D eigenvalue weighted by atomic mass is 9.94. The Labute approximate surface area is 137 Å². The first-order valence-electron chi connectivity index (χ1n) is 6.75. The monoisotopic (exact) mass is 390 g/mol. The van der Waals surface area contributed by atoms with E-state index in [9.17, 15) is 0 Å². The van der Waals surface area contributed by atoms with Gasteiger partial charge in [0.15, 0.2) is 5.96 Å². The lowest BCUT2D eigenvalue weighted by Crippen LogP contribution is -2.40. The number of allylic oxidation sites excluding steroid dienone is 2. The molecule has 1 aliphatic rings. The summed E-state index contributed by atoms with van der Waals surface area (Å²) in [6, 6.07) is 1.87. The van der Waals surface area contributed by atoms with Gasteiger partial charge in [0, 0.05) is 26.7 Å². The maximum atomic E-state index is 4.84. The van der Waals surface area contributed by atoms with Crippen molar-refractivity contribution in [3.05, 3.63) is 30.2 Å². The first-order valence-corrected chi connectivity index (χ1v) is 6.75. The van der Waals surface area contributed by atoms with E-state index in [0.717, 1.165) is 24.6 Å². The van der Waals surface area contributed by atoms with Crippen LogP contribution < -0.4 is 5.32 Å². The Balaban J connectivity index is 0.00000200. The minimum Gasteiger partial charge on any atom is -0.364 e. The third-order valence-electron chi connectivity index (χ3n) is 3.39. The van der Waals surface area contributed by atoms with Gasteiger partial charge in [-0.3, -0.25) is 4.99 Å². The van der Waals surface area contributed by atoms with Crippen LogP contribution in [0.4, 0.5) is 0 Å². The molecule has 0 spiro atoms. The molecule has 20 heavy (non-hydrogen) atoms. The van der Waals surface area contributed by atoms with Crippen LogP contribution in [0.25, 0.3) is 0 Å². The van der Waals surface area contributed by atoms with Gasteiger partial charge < -0.3 is 14.7 Å². The fourth-order valence-corrected chi connectivity index (χ4v) is 2.30. The van der Waals surface area contributed by atoms with Crippen LogP contribution in [-0.4, -0.2) is 36.7 Å². The van der Waals surface area contributed by atoms with Gasteiger partial charge >= 0.3 is 0 Å². The molecule has 0 aromatic carbocycles. The lowest BCUT2D eigenvalue weighted by Gasteiger charge is -2.24. The van der Waals surface area contributed by atoms with Crippen LogP contribution in [0, 0.1) is 5.92 Å². The van der Waals surface area contributed by atoms with Gasteiger partial charge in [-0.15, -0.1) is 24.0 Å². The van der Waals surface area contributed by atoms with E-state index < -0.39 is 0 Å². The highest BCUT2D eigenvalue weighted by molar-refractivity contribution is 14.0. The van der Waals surface area contributed by atoms with Crippen LogP contribution in [0.2, 0.25) is 0 Å². The maximum absolute atomic E-state index is 4.84. The lowest BCUT2D eigenvalue weighted by molar-refractivity contribution is 0.388. The van der Waals surface area contributed by atoms with Gasteiger partial charge in [-0.2, -0.15) is 0 Å². The zero-order valence-electron chi connectivity index (χ0n) is 12.1. The number of guanidine groups is 1. The summed E-state index contributed by atoms with van der Waals surface area (Å²) >= 11 is 0. The maximum Gasteiger partial charge on any atom is 0.193 e. The van der Waals surface area contributed by atoms with E-state index in [2.05, 4.69) is 32.5 Å². The molecule has 5 nitrogen and oxygen atoms in total. The Hall–Kier alpha value is -1.05. The molecule has 0 fully saturated rings. The van der Waals surface area contributed by atoms with Gasteiger partial charge in [-0.05, 0) is 25.2 Å². The van der Waals surface area contributed by atoms with Gasteiger partial charge in [0.2, 0.25) is 0 Å². The largest absolute Gasteiger partial charge is 0.364 e. The molecular weight excluding hydrogens is 367 g/mol. The average molecular weight is 390 g/mol. The molecule has 1 N–H and O–H groups in total. The molecule has 0 amide bonds. The molecule has 1 aliphatic carbocycles. The van der Waals surface area contributed by atoms with E-state index in [0.29, 0.717) is 12.5 Å². The standard InChI is InChI=1S/C14H22N4O.HI/c1-15-14(16-10-12-6-4-3-5-7-12)18(2)11-13-8-9-19-17-13;/h3-4,8-9,12H,5-7,10-11H2,1-2H3,(H,15,16);1H. The zero-order valence-corrected chi connectivity index (χ0v) is 14.4. The highest BCUT2D eigenvalue weighted by Gasteiger charge is 2.13. The molecule has 1 aromatic rings. The second-order valence-corrected chi connectivity index (χ2v) is 4.93. The van der Waals surface area contributed by atoms with Crippen molar-refractivity contribution >= 4 is 29.9 Å². The van der Waals surface area contributed by atoms with E-state index in [4.69, 9.17) is 4.52 Å². The average Bonchev–Trinajstić information content (AvgIpc) is 2.93. The SMILES string of the molecule is CN=C(NCC1CC=CCC1)N(C)Cc1ccon1.I. The summed E-state index contributed by atoms with van der Waals surface area (Å²) in [5.74, 6) is 1.61. The number of nitrogens with one attached hydrogen (secondary N) is 1. The number of aromatic nitrogens is 1. The van der Waals surface area contributed by atoms with Crippen LogP contribution >= 0.6 is 24.0 Å². The number of halogens is 1. The van der Waals surface area contributed by atoms with Crippen molar-refractivity contribution in [3.63, 3.8) is 0 Å². The number of hydrogen-bond donors (Lipinski definition) is 1. The molecule has 2 rings (SSSR count). The van der Waals surface area contributed by atoms with Crippen LogP contribution in [0.5, 0.6) is 0 Å². The molecule has 1 unspecified atom stereocenters. The fourth-order valence-electron chi connectivity index (χ4n) is 2.30. The molecule has 0 saturated carbocycles. The highest BCUT2D eigenvalue weighted by atomic mass is 127. The summed E-state index contributed by atoms with van der Waals surface area (Å²) < 4.78 is 4.84. The Morgan fingerprint density at radius 1 is 1.55 bits per heavy atom. The highest BCUT2D eigenvalue weighted by Crippen LogP contribution is 2.16. The molecule has 1 heterocycles. The summed E-state index contributed by atoms with van der Waals surface area (Å²) in [5, 5.41) is 7.35. The van der Waals surface area contributed by atoms with Gasteiger partial charge in [0.1, 0.15) is 12.0 Å². The molecule has 6 heteroatoms. The van der Waals surface area contributed by atoms with Crippen molar-refractivity contribution in [2.24, 2.45) is 10.9 Å². The van der Waals surface area contributed by atoms with Gasteiger partial charge in [0.05, 0.1) is 6.54 Å². The number of aliphatic imine (C=N–C) groups is 1. The van der Waals surface area contributed by atoms with Crippen molar-refractivity contribution in [2.45, 2.75) is 25.8 Å². The third kappa shape index (κ3) is 5.15. The topological polar surface area (TPSA) is 53.7 Å². The minimum absolute atomic E-state index is 0. The molecule has 0 aliphatic heterocycles. The van der Waals surface area contributed by atoms with Crippen molar-refractivity contribution < 1.29 is 4.52 Å². The summed E-state index contributed by atoms with van der Waals surface area (Å²) in [6.45, 7) is 1.67. The predicted molar refractivity (Wildman–Crippen MR) is 91.2 cm³/mol. The van der Waals surface area contributed by atoms with Crippen molar-refractivity contribution in [1.29, 1.82) is 0 Å². The molecule has 0 bridgehead atoms. The van der Waals surface area contributed by atoms with Crippen LogP contribution in [-0.2, 0) is 6.54 Å². The second kappa shape index (κ2) is 8.99. The Bertz CT molecular complexity index is 430. The number of rotatable bonds is 4. The van der Waals surface area contributed by atoms with E-state index in [-0.39, 0.29) is 24.0 Å². The molecule has 1 aromatic heterocycles. The van der Waals surface area contributed by atoms with Crippen molar-refractivity contribution in [2.75, 3.05) is 20.6 Å². The number of hydrogen-bond acceptors (Lipinski definition) is 3. The van der Waals surface area contributed by atoms with Crippen molar-refractivity contribution in [1.82, 2.24) is 15.4 Å². The van der Waals surface area contributed by atoms with Gasteiger partial charge in [-0.1, -0.05) is 17.3 Å². The summed E-state index contributed by atoms with van der Waals surface area (Å²) in [5.41, 5.74) is 0.908. The number of nitrogens with zero attached hydrogens (tertiary/aromatic N) is 3. The first-order chi connectivity index (χ1) is 9.29. The first kappa shape index (κ1) is 17.0. The van der Waals surface area contributed by atoms with Gasteiger partial charge in [0.25, 0.3) is 0 Å². The smallest absolute Gasteiger partial charge is 0.193 e. The van der Waals surface area contributed by atoms with E-state index in [1.54, 1.807) is 6.26 Å². The minimum atomic E-state index is 0. The van der Waals surface area contributed by atoms with Crippen LogP contribution in [0.15, 0.2) is 34.0 Å². The zero-order chi connectivity index (χ0) is 13.5. The van der Waals surface area contributed by atoms with E-state index >= 15 is 0 Å². The third-order valence-corrected chi connectivity index (χ3v) is 3.39. The van der Waals surface area contributed by atoms with Gasteiger partial charge in [-0.25, -0.2) is 0 Å². The van der Waals surface area contributed by atoms with Crippen LogP contribution in [0.3, 0.4) is 0 Å². The molecule has 1 atom stereocenters. The van der Waals surface area contributed by atoms with Crippen molar-refractivity contribution in [3.8, 4) is 0 Å². The second-order valence-electron chi connectivity index (χ2n) is 4.93. The molecule has 112 valence electrons. The van der Waals surface area contributed by atoms with E-state index in [1.165, 1.54) is 12.8 Å². The molecule has 0 radical (unpaired) electrons. The summed E-state index contributed by atoms with van der Waals surface area (Å²) in [6.07, 6.45) is 9.75. The predicted octanol–water partition coefficient (Wildman–Crippen LogP) is 2.66. The quantitative estimate of drug-likeness (QED) is 0.372. The Kier molecular flexibility index (Phi) is 7.64.